The number of benzene rings is 2. The minimum atomic E-state index is 0.486. The van der Waals surface area contributed by atoms with Gasteiger partial charge in [-0.1, -0.05) is 24.3 Å². The predicted octanol–water partition coefficient (Wildman–Crippen LogP) is 3.46. The minimum Gasteiger partial charge on any atom is -0.497 e. The number of anilines is 1. The molecule has 4 nitrogen and oxygen atoms in total. The lowest BCUT2D eigenvalue weighted by atomic mass is 10.0. The summed E-state index contributed by atoms with van der Waals surface area (Å²) in [5.74, 6) is 1.75. The van der Waals surface area contributed by atoms with Crippen molar-refractivity contribution in [3.63, 3.8) is 0 Å². The van der Waals surface area contributed by atoms with Crippen LogP contribution in [0.15, 0.2) is 48.5 Å². The molecule has 0 bridgehead atoms. The van der Waals surface area contributed by atoms with Gasteiger partial charge in [0, 0.05) is 44.0 Å². The SMILES string of the molecule is COc1ccc(CC(C)N2CCN(c3ccccc3)CC2)c(OC)c1. The molecule has 1 heterocycles. The van der Waals surface area contributed by atoms with Crippen LogP contribution in [-0.2, 0) is 6.42 Å². The summed E-state index contributed by atoms with van der Waals surface area (Å²) >= 11 is 0. The third kappa shape index (κ3) is 4.26. The van der Waals surface area contributed by atoms with Crippen molar-refractivity contribution in [3.8, 4) is 11.5 Å². The quantitative estimate of drug-likeness (QED) is 0.804. The molecule has 1 aliphatic heterocycles. The fraction of sp³-hybridized carbons (Fsp3) is 0.429. The molecule has 0 amide bonds. The summed E-state index contributed by atoms with van der Waals surface area (Å²) < 4.78 is 10.8. The van der Waals surface area contributed by atoms with Gasteiger partial charge in [-0.3, -0.25) is 4.90 Å². The molecule has 134 valence electrons. The van der Waals surface area contributed by atoms with E-state index >= 15 is 0 Å². The molecule has 25 heavy (non-hydrogen) atoms. The van der Waals surface area contributed by atoms with Gasteiger partial charge in [0.25, 0.3) is 0 Å². The van der Waals surface area contributed by atoms with Crippen molar-refractivity contribution in [1.29, 1.82) is 0 Å². The van der Waals surface area contributed by atoms with Gasteiger partial charge in [0.05, 0.1) is 14.2 Å². The minimum absolute atomic E-state index is 0.486. The number of piperazine rings is 1. The molecule has 1 aliphatic rings. The summed E-state index contributed by atoms with van der Waals surface area (Å²) in [6.07, 6.45) is 0.985. The first-order valence-corrected chi connectivity index (χ1v) is 8.96. The largest absolute Gasteiger partial charge is 0.497 e. The van der Waals surface area contributed by atoms with E-state index in [0.29, 0.717) is 6.04 Å². The Labute approximate surface area is 151 Å². The fourth-order valence-corrected chi connectivity index (χ4v) is 3.53. The van der Waals surface area contributed by atoms with Gasteiger partial charge < -0.3 is 14.4 Å². The zero-order chi connectivity index (χ0) is 17.6. The van der Waals surface area contributed by atoms with Gasteiger partial charge >= 0.3 is 0 Å². The lowest BCUT2D eigenvalue weighted by molar-refractivity contribution is 0.195. The molecular weight excluding hydrogens is 312 g/mol. The topological polar surface area (TPSA) is 24.9 Å². The van der Waals surface area contributed by atoms with Crippen LogP contribution < -0.4 is 14.4 Å². The zero-order valence-corrected chi connectivity index (χ0v) is 15.4. The van der Waals surface area contributed by atoms with Crippen LogP contribution in [0.4, 0.5) is 5.69 Å². The lowest BCUT2D eigenvalue weighted by Crippen LogP contribution is -2.50. The van der Waals surface area contributed by atoms with Crippen LogP contribution in [0.2, 0.25) is 0 Å². The lowest BCUT2D eigenvalue weighted by Gasteiger charge is -2.39. The molecule has 1 unspecified atom stereocenters. The van der Waals surface area contributed by atoms with Gasteiger partial charge in [-0.15, -0.1) is 0 Å². The van der Waals surface area contributed by atoms with Crippen LogP contribution in [0.3, 0.4) is 0 Å². The molecule has 1 saturated heterocycles. The molecule has 0 aromatic heterocycles. The molecule has 4 heteroatoms. The molecule has 2 aromatic rings. The number of hydrogen-bond donors (Lipinski definition) is 0. The molecule has 0 saturated carbocycles. The van der Waals surface area contributed by atoms with E-state index in [-0.39, 0.29) is 0 Å². The monoisotopic (exact) mass is 340 g/mol. The first-order chi connectivity index (χ1) is 12.2. The second-order valence-corrected chi connectivity index (χ2v) is 6.59. The maximum atomic E-state index is 5.54. The smallest absolute Gasteiger partial charge is 0.125 e. The Kier molecular flexibility index (Phi) is 5.82. The third-order valence-corrected chi connectivity index (χ3v) is 5.07. The van der Waals surface area contributed by atoms with E-state index in [1.165, 1.54) is 11.3 Å². The molecule has 0 aliphatic carbocycles. The van der Waals surface area contributed by atoms with Gasteiger partial charge in [-0.25, -0.2) is 0 Å². The fourth-order valence-electron chi connectivity index (χ4n) is 3.53. The number of ether oxygens (including phenoxy) is 2. The average Bonchev–Trinajstić information content (AvgIpc) is 2.69. The standard InChI is InChI=1S/C21H28N2O2/c1-17(15-18-9-10-20(24-2)16-21(18)25-3)22-11-13-23(14-12-22)19-7-5-4-6-8-19/h4-10,16-17H,11-15H2,1-3H3. The Morgan fingerprint density at radius 1 is 0.920 bits per heavy atom. The van der Waals surface area contributed by atoms with Crippen LogP contribution >= 0.6 is 0 Å². The van der Waals surface area contributed by atoms with Crippen LogP contribution in [0.5, 0.6) is 11.5 Å². The Morgan fingerprint density at radius 2 is 1.64 bits per heavy atom. The highest BCUT2D eigenvalue weighted by Gasteiger charge is 2.22. The van der Waals surface area contributed by atoms with Crippen molar-refractivity contribution in [2.45, 2.75) is 19.4 Å². The summed E-state index contributed by atoms with van der Waals surface area (Å²) in [4.78, 5) is 5.04. The summed E-state index contributed by atoms with van der Waals surface area (Å²) in [5.41, 5.74) is 2.56. The summed E-state index contributed by atoms with van der Waals surface area (Å²) in [6, 6.07) is 17.3. The predicted molar refractivity (Wildman–Crippen MR) is 103 cm³/mol. The first-order valence-electron chi connectivity index (χ1n) is 8.96. The Hall–Kier alpha value is -2.20. The number of nitrogens with zero attached hydrogens (tertiary/aromatic N) is 2. The molecule has 1 fully saturated rings. The summed E-state index contributed by atoms with van der Waals surface area (Å²) in [5, 5.41) is 0. The van der Waals surface area contributed by atoms with Crippen molar-refractivity contribution < 1.29 is 9.47 Å². The molecule has 0 spiro atoms. The molecule has 1 atom stereocenters. The number of methoxy groups -OCH3 is 2. The van der Waals surface area contributed by atoms with Crippen LogP contribution in [0.25, 0.3) is 0 Å². The summed E-state index contributed by atoms with van der Waals surface area (Å²) in [6.45, 7) is 6.65. The highest BCUT2D eigenvalue weighted by molar-refractivity contribution is 5.46. The van der Waals surface area contributed by atoms with E-state index in [1.807, 2.05) is 12.1 Å². The van der Waals surface area contributed by atoms with Crippen LogP contribution in [0, 0.1) is 0 Å². The molecule has 3 rings (SSSR count). The van der Waals surface area contributed by atoms with Gasteiger partial charge in [-0.2, -0.15) is 0 Å². The Morgan fingerprint density at radius 3 is 2.28 bits per heavy atom. The van der Waals surface area contributed by atoms with Crippen LogP contribution in [0.1, 0.15) is 12.5 Å². The second kappa shape index (κ2) is 8.26. The Balaban J connectivity index is 1.59. The van der Waals surface area contributed by atoms with Gasteiger partial charge in [0.1, 0.15) is 11.5 Å². The Bertz CT molecular complexity index is 667. The van der Waals surface area contributed by atoms with E-state index in [4.69, 9.17) is 9.47 Å². The first kappa shape index (κ1) is 17.6. The van der Waals surface area contributed by atoms with Crippen molar-refractivity contribution in [2.24, 2.45) is 0 Å². The van der Waals surface area contributed by atoms with E-state index in [0.717, 1.165) is 44.1 Å². The van der Waals surface area contributed by atoms with E-state index < -0.39 is 0 Å². The van der Waals surface area contributed by atoms with Crippen molar-refractivity contribution in [1.82, 2.24) is 4.90 Å². The van der Waals surface area contributed by atoms with Crippen molar-refractivity contribution in [3.05, 3.63) is 54.1 Å². The maximum absolute atomic E-state index is 5.54. The third-order valence-electron chi connectivity index (χ3n) is 5.07. The van der Waals surface area contributed by atoms with Gasteiger partial charge in [-0.05, 0) is 37.1 Å². The van der Waals surface area contributed by atoms with Crippen LogP contribution in [-0.4, -0.2) is 51.3 Å². The van der Waals surface area contributed by atoms with E-state index in [2.05, 4.69) is 53.1 Å². The molecule has 2 aromatic carbocycles. The number of para-hydroxylation sites is 1. The van der Waals surface area contributed by atoms with Gasteiger partial charge in [0.15, 0.2) is 0 Å². The highest BCUT2D eigenvalue weighted by atomic mass is 16.5. The molecule has 0 radical (unpaired) electrons. The average molecular weight is 340 g/mol. The number of hydrogen-bond acceptors (Lipinski definition) is 4. The van der Waals surface area contributed by atoms with E-state index in [9.17, 15) is 0 Å². The summed E-state index contributed by atoms with van der Waals surface area (Å²) in [7, 11) is 3.41. The van der Waals surface area contributed by atoms with Crippen molar-refractivity contribution in [2.75, 3.05) is 45.3 Å². The normalized spacial score (nSPS) is 16.5. The number of rotatable bonds is 6. The molecular formula is C21H28N2O2. The van der Waals surface area contributed by atoms with Gasteiger partial charge in [0.2, 0.25) is 0 Å². The van der Waals surface area contributed by atoms with E-state index in [1.54, 1.807) is 14.2 Å². The molecule has 0 N–H and O–H groups in total. The maximum Gasteiger partial charge on any atom is 0.125 e. The van der Waals surface area contributed by atoms with Crippen molar-refractivity contribution >= 4 is 5.69 Å². The highest BCUT2D eigenvalue weighted by Crippen LogP contribution is 2.27. The zero-order valence-electron chi connectivity index (χ0n) is 15.4. The second-order valence-electron chi connectivity index (χ2n) is 6.59.